The summed E-state index contributed by atoms with van der Waals surface area (Å²) in [4.78, 5) is 4.68. The third-order valence-electron chi connectivity index (χ3n) is 2.67. The van der Waals surface area contributed by atoms with Gasteiger partial charge in [0.25, 0.3) is 0 Å². The Hall–Kier alpha value is -1.58. The fourth-order valence-corrected chi connectivity index (χ4v) is 2.74. The lowest BCUT2D eigenvalue weighted by molar-refractivity contribution is -0.137. The molecular formula is C13H8ClF3N2S. The van der Waals surface area contributed by atoms with E-state index in [-0.39, 0.29) is 10.7 Å². The number of aromatic nitrogens is 1. The maximum Gasteiger partial charge on any atom is 0.417 e. The van der Waals surface area contributed by atoms with Crippen LogP contribution in [0.3, 0.4) is 0 Å². The Bertz CT molecular complexity index is 632. The highest BCUT2D eigenvalue weighted by Crippen LogP contribution is 2.33. The zero-order chi connectivity index (χ0) is 14.8. The van der Waals surface area contributed by atoms with Crippen molar-refractivity contribution in [3.63, 3.8) is 0 Å². The van der Waals surface area contributed by atoms with Gasteiger partial charge < -0.3 is 0 Å². The maximum absolute atomic E-state index is 12.5. The van der Waals surface area contributed by atoms with Gasteiger partial charge in [-0.2, -0.15) is 18.4 Å². The second kappa shape index (κ2) is 5.81. The monoisotopic (exact) mass is 316 g/mol. The Morgan fingerprint density at radius 2 is 2.20 bits per heavy atom. The summed E-state index contributed by atoms with van der Waals surface area (Å²) in [6, 6.07) is 6.54. The molecule has 0 saturated carbocycles. The van der Waals surface area contributed by atoms with Crippen molar-refractivity contribution in [2.75, 3.05) is 0 Å². The lowest BCUT2D eigenvalue weighted by Crippen LogP contribution is -2.09. The number of hydrogen-bond acceptors (Lipinski definition) is 3. The van der Waals surface area contributed by atoms with Gasteiger partial charge in [-0.3, -0.25) is 4.98 Å². The molecule has 0 spiro atoms. The van der Waals surface area contributed by atoms with E-state index < -0.39 is 17.7 Å². The smallest absolute Gasteiger partial charge is 0.258 e. The van der Waals surface area contributed by atoms with Crippen LogP contribution >= 0.6 is 22.9 Å². The first-order valence-corrected chi connectivity index (χ1v) is 6.82. The fourth-order valence-electron chi connectivity index (χ4n) is 1.69. The van der Waals surface area contributed by atoms with Crippen LogP contribution in [0.2, 0.25) is 5.02 Å². The largest absolute Gasteiger partial charge is 0.417 e. The van der Waals surface area contributed by atoms with E-state index in [1.165, 1.54) is 11.3 Å². The first kappa shape index (κ1) is 14.8. The topological polar surface area (TPSA) is 36.7 Å². The number of pyridine rings is 1. The van der Waals surface area contributed by atoms with Gasteiger partial charge >= 0.3 is 6.18 Å². The Morgan fingerprint density at radius 1 is 1.45 bits per heavy atom. The number of nitrogens with zero attached hydrogens (tertiary/aromatic N) is 2. The minimum atomic E-state index is -4.49. The molecular weight excluding hydrogens is 309 g/mol. The van der Waals surface area contributed by atoms with Gasteiger partial charge in [0.15, 0.2) is 0 Å². The summed E-state index contributed by atoms with van der Waals surface area (Å²) in [5.41, 5.74) is -0.741. The molecule has 0 unspecified atom stereocenters. The first-order valence-electron chi connectivity index (χ1n) is 5.56. The van der Waals surface area contributed by atoms with Crippen molar-refractivity contribution in [3.05, 3.63) is 50.9 Å². The van der Waals surface area contributed by atoms with E-state index in [0.29, 0.717) is 12.6 Å². The summed E-state index contributed by atoms with van der Waals surface area (Å²) in [5.74, 6) is -0.663. The van der Waals surface area contributed by atoms with Crippen LogP contribution in [0.25, 0.3) is 0 Å². The van der Waals surface area contributed by atoms with E-state index in [2.05, 4.69) is 4.98 Å². The Kier molecular flexibility index (Phi) is 4.31. The predicted molar refractivity (Wildman–Crippen MR) is 70.6 cm³/mol. The predicted octanol–water partition coefficient (Wildman–Crippen LogP) is 4.67. The standard InChI is InChI=1S/C13H8ClF3N2S/c14-11-5-9(13(15,16)17)7-19-12(11)8(6-18)4-10-2-1-3-20-10/h1-3,5,7-8H,4H2/t8-/m0/s1. The Labute approximate surface area is 122 Å². The second-order valence-corrected chi connectivity index (χ2v) is 5.49. The fraction of sp³-hybridized carbons (Fsp3) is 0.231. The van der Waals surface area contributed by atoms with Gasteiger partial charge in [0.05, 0.1) is 28.3 Å². The van der Waals surface area contributed by atoms with E-state index in [0.717, 1.165) is 10.9 Å². The molecule has 0 amide bonds. The lowest BCUT2D eigenvalue weighted by atomic mass is 10.0. The summed E-state index contributed by atoms with van der Waals surface area (Å²) in [5, 5.41) is 10.9. The van der Waals surface area contributed by atoms with E-state index in [1.54, 1.807) is 0 Å². The highest BCUT2D eigenvalue weighted by atomic mass is 35.5. The highest BCUT2D eigenvalue weighted by molar-refractivity contribution is 7.09. The molecule has 7 heteroatoms. The van der Waals surface area contributed by atoms with Gasteiger partial charge in [-0.25, -0.2) is 0 Å². The zero-order valence-electron chi connectivity index (χ0n) is 9.99. The quantitative estimate of drug-likeness (QED) is 0.825. The van der Waals surface area contributed by atoms with Crippen LogP contribution in [-0.2, 0) is 12.6 Å². The Balaban J connectivity index is 2.29. The van der Waals surface area contributed by atoms with Crippen LogP contribution in [0.15, 0.2) is 29.8 Å². The molecule has 2 nitrogen and oxygen atoms in total. The number of rotatable bonds is 3. The molecule has 0 aromatic carbocycles. The van der Waals surface area contributed by atoms with Gasteiger partial charge in [0, 0.05) is 17.5 Å². The number of nitriles is 1. The Morgan fingerprint density at radius 3 is 2.70 bits per heavy atom. The van der Waals surface area contributed by atoms with Gasteiger partial charge in [-0.05, 0) is 17.5 Å². The average molecular weight is 317 g/mol. The maximum atomic E-state index is 12.5. The molecule has 0 N–H and O–H groups in total. The van der Waals surface area contributed by atoms with Crippen LogP contribution in [0.5, 0.6) is 0 Å². The molecule has 0 saturated heterocycles. The molecule has 104 valence electrons. The zero-order valence-corrected chi connectivity index (χ0v) is 11.6. The number of thiophene rings is 1. The molecule has 2 heterocycles. The molecule has 0 radical (unpaired) electrons. The third kappa shape index (κ3) is 3.30. The number of alkyl halides is 3. The molecule has 0 aliphatic rings. The normalized spacial score (nSPS) is 12.9. The van der Waals surface area contributed by atoms with Crippen molar-refractivity contribution >= 4 is 22.9 Å². The van der Waals surface area contributed by atoms with Crippen LogP contribution < -0.4 is 0 Å². The van der Waals surface area contributed by atoms with Crippen molar-refractivity contribution in [2.24, 2.45) is 0 Å². The summed E-state index contributed by atoms with van der Waals surface area (Å²) >= 11 is 7.31. The van der Waals surface area contributed by atoms with Crippen molar-refractivity contribution in [1.29, 1.82) is 5.26 Å². The summed E-state index contributed by atoms with van der Waals surface area (Å²) in [6.45, 7) is 0. The summed E-state index contributed by atoms with van der Waals surface area (Å²) in [6.07, 6.45) is -3.41. The molecule has 0 fully saturated rings. The summed E-state index contributed by atoms with van der Waals surface area (Å²) < 4.78 is 37.6. The molecule has 20 heavy (non-hydrogen) atoms. The van der Waals surface area contributed by atoms with Crippen LogP contribution in [0.4, 0.5) is 13.2 Å². The molecule has 2 rings (SSSR count). The van der Waals surface area contributed by atoms with E-state index in [9.17, 15) is 13.2 Å². The van der Waals surface area contributed by atoms with Crippen LogP contribution in [0, 0.1) is 11.3 Å². The van der Waals surface area contributed by atoms with Gasteiger partial charge in [-0.15, -0.1) is 11.3 Å². The molecule has 2 aromatic rings. The SMILES string of the molecule is N#C[C@H](Cc1cccs1)c1ncc(C(F)(F)F)cc1Cl. The molecule has 0 aliphatic heterocycles. The van der Waals surface area contributed by atoms with E-state index in [4.69, 9.17) is 16.9 Å². The first-order chi connectivity index (χ1) is 9.41. The van der Waals surface area contributed by atoms with Gasteiger partial charge in [-0.1, -0.05) is 17.7 Å². The van der Waals surface area contributed by atoms with Gasteiger partial charge in [0.2, 0.25) is 0 Å². The van der Waals surface area contributed by atoms with Crippen LogP contribution in [-0.4, -0.2) is 4.98 Å². The van der Waals surface area contributed by atoms with Crippen molar-refractivity contribution in [1.82, 2.24) is 4.98 Å². The number of hydrogen-bond donors (Lipinski definition) is 0. The minimum Gasteiger partial charge on any atom is -0.258 e. The highest BCUT2D eigenvalue weighted by Gasteiger charge is 2.32. The lowest BCUT2D eigenvalue weighted by Gasteiger charge is -2.12. The average Bonchev–Trinajstić information content (AvgIpc) is 2.88. The van der Waals surface area contributed by atoms with Gasteiger partial charge in [0.1, 0.15) is 0 Å². The van der Waals surface area contributed by atoms with Crippen LogP contribution in [0.1, 0.15) is 22.1 Å². The molecule has 2 aromatic heterocycles. The number of halogens is 4. The minimum absolute atomic E-state index is 0.136. The van der Waals surface area contributed by atoms with Crippen molar-refractivity contribution in [2.45, 2.75) is 18.5 Å². The summed E-state index contributed by atoms with van der Waals surface area (Å²) in [7, 11) is 0. The molecule has 1 atom stereocenters. The second-order valence-electron chi connectivity index (χ2n) is 4.05. The van der Waals surface area contributed by atoms with E-state index in [1.807, 2.05) is 23.6 Å². The molecule has 0 aliphatic carbocycles. The third-order valence-corrected chi connectivity index (χ3v) is 3.87. The van der Waals surface area contributed by atoms with Crippen molar-refractivity contribution in [3.8, 4) is 6.07 Å². The molecule has 0 bridgehead atoms. The van der Waals surface area contributed by atoms with E-state index >= 15 is 0 Å². The van der Waals surface area contributed by atoms with Crippen molar-refractivity contribution < 1.29 is 13.2 Å².